The lowest BCUT2D eigenvalue weighted by molar-refractivity contribution is 0.420. The van der Waals surface area contributed by atoms with Crippen LogP contribution in [0.4, 0.5) is 10.8 Å². The smallest absolute Gasteiger partial charge is 0.210 e. The molecule has 0 atom stereocenters. The molecule has 0 bridgehead atoms. The quantitative estimate of drug-likeness (QED) is 0.213. The Kier molecular flexibility index (Phi) is 5.70. The Morgan fingerprint density at radius 3 is 2.83 bits per heavy atom. The minimum absolute atomic E-state index is 0.0550. The van der Waals surface area contributed by atoms with E-state index in [0.717, 1.165) is 22.3 Å². The van der Waals surface area contributed by atoms with Gasteiger partial charge in [0.1, 0.15) is 17.4 Å². The zero-order chi connectivity index (χ0) is 21.1. The molecular weight excluding hydrogens is 416 g/mol. The van der Waals surface area contributed by atoms with Crippen LogP contribution in [0.1, 0.15) is 17.0 Å². The van der Waals surface area contributed by atoms with E-state index in [-0.39, 0.29) is 17.1 Å². The van der Waals surface area contributed by atoms with Gasteiger partial charge in [-0.3, -0.25) is 0 Å². The second-order valence-corrected chi connectivity index (χ2v) is 8.84. The zero-order valence-corrected chi connectivity index (χ0v) is 17.9. The molecule has 0 radical (unpaired) electrons. The highest BCUT2D eigenvalue weighted by Gasteiger charge is 2.15. The summed E-state index contributed by atoms with van der Waals surface area (Å²) in [5.41, 5.74) is 4.99. The average molecular weight is 435 g/mol. The molecule has 2 heterocycles. The molecular formula is C21H18N6OS2. The van der Waals surface area contributed by atoms with Gasteiger partial charge in [-0.1, -0.05) is 52.9 Å². The minimum Gasteiger partial charge on any atom is -0.510 e. The number of nitrogens with zero attached hydrogens (tertiary/aromatic N) is 4. The summed E-state index contributed by atoms with van der Waals surface area (Å²) in [6.07, 6.45) is 0. The molecule has 7 nitrogen and oxygen atoms in total. The molecule has 0 saturated heterocycles. The summed E-state index contributed by atoms with van der Waals surface area (Å²) >= 11 is 2.71. The largest absolute Gasteiger partial charge is 0.510 e. The molecule has 30 heavy (non-hydrogen) atoms. The number of anilines is 2. The first kappa shape index (κ1) is 19.9. The number of hydrogen-bond donors (Lipinski definition) is 3. The number of aromatic nitrogens is 4. The number of thioether (sulfide) groups is 1. The molecule has 150 valence electrons. The summed E-state index contributed by atoms with van der Waals surface area (Å²) in [6, 6.07) is 15.7. The van der Waals surface area contributed by atoms with E-state index < -0.39 is 0 Å². The Hall–Kier alpha value is -3.35. The molecule has 0 amide bonds. The number of aryl methyl sites for hydroxylation is 2. The van der Waals surface area contributed by atoms with Crippen LogP contribution in [-0.2, 0) is 0 Å². The van der Waals surface area contributed by atoms with Gasteiger partial charge in [0.05, 0.1) is 16.8 Å². The second-order valence-electron chi connectivity index (χ2n) is 6.64. The molecule has 2 aromatic carbocycles. The SMILES string of the molecule is Cc1ccc(Nc2nnc(SC/C(O)=C(\C#N)c3nc4ccccc4[nH]3)s2)c(C)c1. The third-order valence-electron chi connectivity index (χ3n) is 4.39. The van der Waals surface area contributed by atoms with E-state index >= 15 is 0 Å². The number of rotatable bonds is 6. The molecule has 2 aromatic heterocycles. The van der Waals surface area contributed by atoms with Crippen molar-refractivity contribution in [2.24, 2.45) is 0 Å². The maximum absolute atomic E-state index is 10.5. The maximum Gasteiger partial charge on any atom is 0.210 e. The first-order valence-corrected chi connectivity index (χ1v) is 10.9. The predicted molar refractivity (Wildman–Crippen MR) is 121 cm³/mol. The first-order valence-electron chi connectivity index (χ1n) is 9.11. The third kappa shape index (κ3) is 4.30. The number of nitrogens with one attached hydrogen (secondary N) is 2. The lowest BCUT2D eigenvalue weighted by Gasteiger charge is -2.06. The van der Waals surface area contributed by atoms with Crippen LogP contribution in [0.15, 0.2) is 52.6 Å². The normalized spacial score (nSPS) is 11.9. The highest BCUT2D eigenvalue weighted by atomic mass is 32.2. The number of H-pyrrole nitrogens is 1. The number of aliphatic hydroxyl groups excluding tert-OH is 1. The third-order valence-corrected chi connectivity index (χ3v) is 6.37. The zero-order valence-electron chi connectivity index (χ0n) is 16.3. The Bertz CT molecular complexity index is 1250. The van der Waals surface area contributed by atoms with E-state index in [9.17, 15) is 10.4 Å². The van der Waals surface area contributed by atoms with Crippen molar-refractivity contribution in [3.05, 3.63) is 65.2 Å². The van der Waals surface area contributed by atoms with Crippen molar-refractivity contribution in [1.82, 2.24) is 20.2 Å². The van der Waals surface area contributed by atoms with Crippen molar-refractivity contribution < 1.29 is 5.11 Å². The van der Waals surface area contributed by atoms with Crippen LogP contribution in [0.5, 0.6) is 0 Å². The van der Waals surface area contributed by atoms with Crippen LogP contribution >= 0.6 is 23.1 Å². The molecule has 0 saturated carbocycles. The Labute approximate surface area is 181 Å². The van der Waals surface area contributed by atoms with Gasteiger partial charge >= 0.3 is 0 Å². The van der Waals surface area contributed by atoms with E-state index in [2.05, 4.69) is 38.5 Å². The van der Waals surface area contributed by atoms with E-state index in [0.29, 0.717) is 15.3 Å². The van der Waals surface area contributed by atoms with Gasteiger partial charge < -0.3 is 15.4 Å². The van der Waals surface area contributed by atoms with Gasteiger partial charge in [-0.15, -0.1) is 10.2 Å². The van der Waals surface area contributed by atoms with Gasteiger partial charge in [-0.25, -0.2) is 4.98 Å². The van der Waals surface area contributed by atoms with Gasteiger partial charge in [0.15, 0.2) is 10.2 Å². The minimum atomic E-state index is -0.0550. The molecule has 0 aliphatic rings. The van der Waals surface area contributed by atoms with Gasteiger partial charge in [0.25, 0.3) is 0 Å². The van der Waals surface area contributed by atoms with Crippen molar-refractivity contribution in [2.45, 2.75) is 18.2 Å². The van der Waals surface area contributed by atoms with E-state index in [1.165, 1.54) is 28.7 Å². The van der Waals surface area contributed by atoms with E-state index in [1.54, 1.807) is 0 Å². The molecule has 0 spiro atoms. The van der Waals surface area contributed by atoms with Crippen LogP contribution < -0.4 is 5.32 Å². The summed E-state index contributed by atoms with van der Waals surface area (Å²) in [6.45, 7) is 4.09. The van der Waals surface area contributed by atoms with Gasteiger partial charge in [0, 0.05) is 5.69 Å². The Balaban J connectivity index is 1.46. The van der Waals surface area contributed by atoms with Crippen LogP contribution in [0.2, 0.25) is 0 Å². The number of imidazole rings is 1. The predicted octanol–water partition coefficient (Wildman–Crippen LogP) is 5.36. The molecule has 0 unspecified atom stereocenters. The highest BCUT2D eigenvalue weighted by molar-refractivity contribution is 8.01. The van der Waals surface area contributed by atoms with E-state index in [1.807, 2.05) is 49.4 Å². The Morgan fingerprint density at radius 2 is 2.07 bits per heavy atom. The summed E-state index contributed by atoms with van der Waals surface area (Å²) in [7, 11) is 0. The summed E-state index contributed by atoms with van der Waals surface area (Å²) in [5, 5.41) is 32.2. The number of para-hydroxylation sites is 2. The fourth-order valence-electron chi connectivity index (χ4n) is 2.92. The topological polar surface area (TPSA) is 111 Å². The maximum atomic E-state index is 10.5. The molecule has 4 rings (SSSR count). The fourth-order valence-corrected chi connectivity index (χ4v) is 4.56. The monoisotopic (exact) mass is 434 g/mol. The molecule has 9 heteroatoms. The van der Waals surface area contributed by atoms with Gasteiger partial charge in [-0.2, -0.15) is 5.26 Å². The van der Waals surface area contributed by atoms with Gasteiger partial charge in [-0.05, 0) is 37.6 Å². The molecule has 0 aliphatic carbocycles. The van der Waals surface area contributed by atoms with Crippen LogP contribution in [-0.4, -0.2) is 31.0 Å². The van der Waals surface area contributed by atoms with Crippen LogP contribution in [0.25, 0.3) is 16.6 Å². The summed E-state index contributed by atoms with van der Waals surface area (Å²) in [5.74, 6) is 0.491. The van der Waals surface area contributed by atoms with Crippen molar-refractivity contribution in [2.75, 3.05) is 11.1 Å². The standard InChI is InChI=1S/C21H18N6OS2/c1-12-7-8-15(13(2)9-12)25-20-26-27-21(30-20)29-11-18(28)14(10-22)19-23-16-5-3-4-6-17(16)24-19/h3-9,28H,11H2,1-2H3,(H,23,24)(H,25,26)/b18-14-. The number of aromatic amines is 1. The number of fused-ring (bicyclic) bond motifs is 1. The van der Waals surface area contributed by atoms with Crippen LogP contribution in [0, 0.1) is 25.2 Å². The highest BCUT2D eigenvalue weighted by Crippen LogP contribution is 2.31. The molecule has 0 aliphatic heterocycles. The lowest BCUT2D eigenvalue weighted by Crippen LogP contribution is -1.95. The van der Waals surface area contributed by atoms with Crippen molar-refractivity contribution in [1.29, 1.82) is 5.26 Å². The number of allylic oxidation sites excluding steroid dienone is 1. The number of hydrogen-bond acceptors (Lipinski definition) is 8. The van der Waals surface area contributed by atoms with E-state index in [4.69, 9.17) is 0 Å². The molecule has 0 fully saturated rings. The Morgan fingerprint density at radius 1 is 1.23 bits per heavy atom. The fraction of sp³-hybridized carbons (Fsp3) is 0.143. The number of benzene rings is 2. The first-order chi connectivity index (χ1) is 14.5. The molecule has 3 N–H and O–H groups in total. The lowest BCUT2D eigenvalue weighted by atomic mass is 10.1. The number of nitriles is 1. The summed E-state index contributed by atoms with van der Waals surface area (Å²) < 4.78 is 0.690. The summed E-state index contributed by atoms with van der Waals surface area (Å²) in [4.78, 5) is 7.45. The molecule has 4 aromatic rings. The average Bonchev–Trinajstić information content (AvgIpc) is 3.35. The van der Waals surface area contributed by atoms with Gasteiger partial charge in [0.2, 0.25) is 5.13 Å². The number of aliphatic hydroxyl groups is 1. The van der Waals surface area contributed by atoms with Crippen molar-refractivity contribution >= 4 is 50.5 Å². The van der Waals surface area contributed by atoms with Crippen molar-refractivity contribution in [3.63, 3.8) is 0 Å². The second kappa shape index (κ2) is 8.57. The van der Waals surface area contributed by atoms with Crippen molar-refractivity contribution in [3.8, 4) is 6.07 Å². The van der Waals surface area contributed by atoms with Crippen LogP contribution in [0.3, 0.4) is 0 Å².